The van der Waals surface area contributed by atoms with Crippen molar-refractivity contribution in [2.45, 2.75) is 19.3 Å². The number of carbonyl (C=O) groups is 2. The van der Waals surface area contributed by atoms with Gasteiger partial charge in [0.2, 0.25) is 11.8 Å². The summed E-state index contributed by atoms with van der Waals surface area (Å²) >= 11 is 0. The first kappa shape index (κ1) is 17.1. The summed E-state index contributed by atoms with van der Waals surface area (Å²) in [6, 6.07) is 15.6. The monoisotopic (exact) mass is 337 g/mol. The van der Waals surface area contributed by atoms with Gasteiger partial charge in [-0.25, -0.2) is 0 Å². The van der Waals surface area contributed by atoms with Crippen LogP contribution in [-0.4, -0.2) is 52.8 Å². The summed E-state index contributed by atoms with van der Waals surface area (Å²) < 4.78 is 0. The number of pyridine rings is 1. The molecule has 1 saturated heterocycles. The van der Waals surface area contributed by atoms with Crippen LogP contribution in [0.4, 0.5) is 0 Å². The fourth-order valence-corrected chi connectivity index (χ4v) is 3.22. The van der Waals surface area contributed by atoms with E-state index in [4.69, 9.17) is 0 Å². The molecule has 2 heterocycles. The second-order valence-electron chi connectivity index (χ2n) is 6.32. The number of amides is 2. The Bertz CT molecular complexity index is 710. The van der Waals surface area contributed by atoms with Crippen LogP contribution < -0.4 is 0 Å². The molecule has 0 saturated carbocycles. The highest BCUT2D eigenvalue weighted by Crippen LogP contribution is 2.23. The molecular formula is C20H23N3O2. The van der Waals surface area contributed by atoms with Gasteiger partial charge < -0.3 is 9.80 Å². The van der Waals surface area contributed by atoms with Crippen LogP contribution in [0.15, 0.2) is 54.7 Å². The average Bonchev–Trinajstić information content (AvgIpc) is 2.67. The van der Waals surface area contributed by atoms with E-state index in [1.165, 1.54) is 0 Å². The number of benzene rings is 1. The van der Waals surface area contributed by atoms with Crippen molar-refractivity contribution >= 4 is 11.8 Å². The Morgan fingerprint density at radius 3 is 2.20 bits per heavy atom. The molecule has 3 rings (SSSR count). The van der Waals surface area contributed by atoms with Gasteiger partial charge >= 0.3 is 0 Å². The van der Waals surface area contributed by atoms with Crippen molar-refractivity contribution in [2.24, 2.45) is 0 Å². The summed E-state index contributed by atoms with van der Waals surface area (Å²) in [7, 11) is 0. The summed E-state index contributed by atoms with van der Waals surface area (Å²) in [5, 5.41) is 0. The first-order valence-electron chi connectivity index (χ1n) is 8.64. The van der Waals surface area contributed by atoms with E-state index in [1.807, 2.05) is 53.4 Å². The molecule has 1 atom stereocenters. The molecule has 0 bridgehead atoms. The highest BCUT2D eigenvalue weighted by Gasteiger charge is 2.29. The van der Waals surface area contributed by atoms with E-state index in [-0.39, 0.29) is 17.7 Å². The van der Waals surface area contributed by atoms with Gasteiger partial charge in [0, 0.05) is 51.4 Å². The van der Waals surface area contributed by atoms with Crippen molar-refractivity contribution in [1.29, 1.82) is 0 Å². The fraction of sp³-hybridized carbons (Fsp3) is 0.350. The highest BCUT2D eigenvalue weighted by atomic mass is 16.2. The van der Waals surface area contributed by atoms with Crippen molar-refractivity contribution in [3.63, 3.8) is 0 Å². The summed E-state index contributed by atoms with van der Waals surface area (Å²) in [5.74, 6) is -0.0692. The molecule has 2 aromatic rings. The smallest absolute Gasteiger partial charge is 0.230 e. The SMILES string of the molecule is CC(=O)N1CCN(C(=O)C(Cc2ccccn2)c2ccccc2)CC1. The van der Waals surface area contributed by atoms with Gasteiger partial charge in [-0.1, -0.05) is 36.4 Å². The van der Waals surface area contributed by atoms with E-state index in [0.717, 1.165) is 11.3 Å². The number of hydrogen-bond donors (Lipinski definition) is 0. The van der Waals surface area contributed by atoms with Crippen molar-refractivity contribution in [1.82, 2.24) is 14.8 Å². The third kappa shape index (κ3) is 4.24. The van der Waals surface area contributed by atoms with E-state index in [2.05, 4.69) is 4.98 Å². The van der Waals surface area contributed by atoms with Gasteiger partial charge in [0.1, 0.15) is 0 Å². The Morgan fingerprint density at radius 2 is 1.60 bits per heavy atom. The Kier molecular flexibility index (Phi) is 5.43. The fourth-order valence-electron chi connectivity index (χ4n) is 3.22. The predicted octanol–water partition coefficient (Wildman–Crippen LogP) is 2.10. The Hall–Kier alpha value is -2.69. The quantitative estimate of drug-likeness (QED) is 0.858. The van der Waals surface area contributed by atoms with Gasteiger partial charge in [-0.15, -0.1) is 0 Å². The van der Waals surface area contributed by atoms with Crippen LogP contribution in [0.3, 0.4) is 0 Å². The number of nitrogens with zero attached hydrogens (tertiary/aromatic N) is 3. The van der Waals surface area contributed by atoms with Crippen LogP contribution in [0, 0.1) is 0 Å². The van der Waals surface area contributed by atoms with Crippen molar-refractivity contribution in [3.05, 3.63) is 66.0 Å². The largest absolute Gasteiger partial charge is 0.339 e. The second-order valence-corrected chi connectivity index (χ2v) is 6.32. The number of aromatic nitrogens is 1. The lowest BCUT2D eigenvalue weighted by molar-refractivity contribution is -0.139. The Morgan fingerprint density at radius 1 is 0.960 bits per heavy atom. The summed E-state index contributed by atoms with van der Waals surface area (Å²) in [6.07, 6.45) is 2.34. The van der Waals surface area contributed by atoms with Crippen LogP contribution in [0.5, 0.6) is 0 Å². The van der Waals surface area contributed by atoms with Gasteiger partial charge in [0.15, 0.2) is 0 Å². The topological polar surface area (TPSA) is 53.5 Å². The summed E-state index contributed by atoms with van der Waals surface area (Å²) in [5.41, 5.74) is 1.92. The van der Waals surface area contributed by atoms with Gasteiger partial charge in [-0.2, -0.15) is 0 Å². The predicted molar refractivity (Wildman–Crippen MR) is 96.0 cm³/mol. The lowest BCUT2D eigenvalue weighted by Gasteiger charge is -2.36. The number of piperazine rings is 1. The zero-order valence-corrected chi connectivity index (χ0v) is 14.5. The Balaban J connectivity index is 1.77. The lowest BCUT2D eigenvalue weighted by Crippen LogP contribution is -2.51. The highest BCUT2D eigenvalue weighted by molar-refractivity contribution is 5.84. The first-order chi connectivity index (χ1) is 12.1. The van der Waals surface area contributed by atoms with Crippen LogP contribution in [-0.2, 0) is 16.0 Å². The maximum absolute atomic E-state index is 13.2. The molecule has 25 heavy (non-hydrogen) atoms. The molecule has 0 radical (unpaired) electrons. The standard InChI is InChI=1S/C20H23N3O2/c1-16(24)22-11-13-23(14-12-22)20(25)19(17-7-3-2-4-8-17)15-18-9-5-6-10-21-18/h2-10,19H,11-15H2,1H3. The van der Waals surface area contributed by atoms with E-state index < -0.39 is 0 Å². The molecule has 0 spiro atoms. The zero-order valence-electron chi connectivity index (χ0n) is 14.5. The van der Waals surface area contributed by atoms with E-state index in [0.29, 0.717) is 32.6 Å². The van der Waals surface area contributed by atoms with Gasteiger partial charge in [-0.05, 0) is 17.7 Å². The zero-order chi connectivity index (χ0) is 17.6. The minimum Gasteiger partial charge on any atom is -0.339 e. The van der Waals surface area contributed by atoms with Gasteiger partial charge in [-0.3, -0.25) is 14.6 Å². The minimum atomic E-state index is -0.250. The molecule has 1 aromatic heterocycles. The number of carbonyl (C=O) groups excluding carboxylic acids is 2. The van der Waals surface area contributed by atoms with Crippen LogP contribution in [0.2, 0.25) is 0 Å². The molecule has 1 fully saturated rings. The molecule has 1 aromatic carbocycles. The van der Waals surface area contributed by atoms with E-state index >= 15 is 0 Å². The van der Waals surface area contributed by atoms with Crippen LogP contribution in [0.25, 0.3) is 0 Å². The average molecular weight is 337 g/mol. The molecule has 1 aliphatic heterocycles. The second kappa shape index (κ2) is 7.92. The van der Waals surface area contributed by atoms with Crippen molar-refractivity contribution in [2.75, 3.05) is 26.2 Å². The van der Waals surface area contributed by atoms with E-state index in [1.54, 1.807) is 18.0 Å². The molecule has 5 heteroatoms. The molecular weight excluding hydrogens is 314 g/mol. The first-order valence-corrected chi connectivity index (χ1v) is 8.64. The van der Waals surface area contributed by atoms with Crippen LogP contribution in [0.1, 0.15) is 24.1 Å². The molecule has 0 aliphatic carbocycles. The minimum absolute atomic E-state index is 0.0696. The van der Waals surface area contributed by atoms with Crippen molar-refractivity contribution < 1.29 is 9.59 Å². The molecule has 0 N–H and O–H groups in total. The molecule has 2 amide bonds. The molecule has 130 valence electrons. The Labute approximate surface area is 148 Å². The molecule has 1 unspecified atom stereocenters. The maximum Gasteiger partial charge on any atom is 0.230 e. The third-order valence-corrected chi connectivity index (χ3v) is 4.68. The molecule has 5 nitrogen and oxygen atoms in total. The van der Waals surface area contributed by atoms with E-state index in [9.17, 15) is 9.59 Å². The number of hydrogen-bond acceptors (Lipinski definition) is 3. The maximum atomic E-state index is 13.2. The normalized spacial score (nSPS) is 15.7. The lowest BCUT2D eigenvalue weighted by atomic mass is 9.92. The van der Waals surface area contributed by atoms with Crippen molar-refractivity contribution in [3.8, 4) is 0 Å². The van der Waals surface area contributed by atoms with Gasteiger partial charge in [0.05, 0.1) is 5.92 Å². The van der Waals surface area contributed by atoms with Gasteiger partial charge in [0.25, 0.3) is 0 Å². The summed E-state index contributed by atoms with van der Waals surface area (Å²) in [4.78, 5) is 32.7. The van der Waals surface area contributed by atoms with Crippen LogP contribution >= 0.6 is 0 Å². The third-order valence-electron chi connectivity index (χ3n) is 4.68. The summed E-state index contributed by atoms with van der Waals surface area (Å²) in [6.45, 7) is 3.96. The number of rotatable bonds is 4. The molecule has 1 aliphatic rings.